The van der Waals surface area contributed by atoms with Crippen molar-refractivity contribution in [3.8, 4) is 0 Å². The van der Waals surface area contributed by atoms with Crippen molar-refractivity contribution in [1.82, 2.24) is 10.2 Å². The normalized spacial score (nSPS) is 24.2. The minimum absolute atomic E-state index is 0.262. The number of nitrogens with one attached hydrogen (secondary N) is 1. The van der Waals surface area contributed by atoms with E-state index in [1.165, 1.54) is 16.8 Å². The molecule has 0 aromatic carbocycles. The van der Waals surface area contributed by atoms with Gasteiger partial charge in [-0.1, -0.05) is 17.8 Å². The van der Waals surface area contributed by atoms with Gasteiger partial charge in [0.05, 0.1) is 11.8 Å². The fraction of sp³-hybridized carbons (Fsp3) is 0.556. The molecule has 1 heterocycles. The molecule has 1 aliphatic carbocycles. The molecule has 1 aliphatic rings. The first-order valence-corrected chi connectivity index (χ1v) is 5.86. The molecule has 1 fully saturated rings. The van der Waals surface area contributed by atoms with Crippen LogP contribution in [0.1, 0.15) is 19.3 Å². The van der Waals surface area contributed by atoms with Gasteiger partial charge in [-0.3, -0.25) is 9.59 Å². The molecule has 7 heteroatoms. The van der Waals surface area contributed by atoms with Gasteiger partial charge in [0, 0.05) is 0 Å². The summed E-state index contributed by atoms with van der Waals surface area (Å²) in [5.74, 6) is -2.16. The molecule has 0 bridgehead atoms. The SMILES string of the molecule is O=C(O)C1CCCC1C(=O)Nc1nncs1. The van der Waals surface area contributed by atoms with Crippen LogP contribution in [0.3, 0.4) is 0 Å². The van der Waals surface area contributed by atoms with Crippen LogP contribution in [0.2, 0.25) is 0 Å². The summed E-state index contributed by atoms with van der Waals surface area (Å²) in [4.78, 5) is 22.7. The van der Waals surface area contributed by atoms with Crippen LogP contribution in [0.25, 0.3) is 0 Å². The van der Waals surface area contributed by atoms with Gasteiger partial charge in [-0.15, -0.1) is 10.2 Å². The number of rotatable bonds is 3. The molecule has 1 amide bonds. The van der Waals surface area contributed by atoms with Gasteiger partial charge in [-0.05, 0) is 12.8 Å². The highest BCUT2D eigenvalue weighted by atomic mass is 32.1. The molecule has 2 N–H and O–H groups in total. The molecule has 1 aromatic rings. The molecule has 0 saturated heterocycles. The highest BCUT2D eigenvalue weighted by molar-refractivity contribution is 7.13. The van der Waals surface area contributed by atoms with Crippen molar-refractivity contribution in [2.24, 2.45) is 11.8 Å². The molecule has 0 radical (unpaired) electrons. The van der Waals surface area contributed by atoms with Crippen LogP contribution in [-0.2, 0) is 9.59 Å². The lowest BCUT2D eigenvalue weighted by Crippen LogP contribution is -2.29. The second kappa shape index (κ2) is 4.56. The Morgan fingerprint density at radius 2 is 2.19 bits per heavy atom. The van der Waals surface area contributed by atoms with Gasteiger partial charge in [0.15, 0.2) is 0 Å². The van der Waals surface area contributed by atoms with Gasteiger partial charge in [0.1, 0.15) is 5.51 Å². The second-order valence-electron chi connectivity index (χ2n) is 3.72. The Bertz CT molecular complexity index is 393. The Morgan fingerprint density at radius 3 is 2.81 bits per heavy atom. The van der Waals surface area contributed by atoms with Gasteiger partial charge in [0.2, 0.25) is 11.0 Å². The predicted octanol–water partition coefficient (Wildman–Crippen LogP) is 0.977. The van der Waals surface area contributed by atoms with Crippen LogP contribution >= 0.6 is 11.3 Å². The summed E-state index contributed by atoms with van der Waals surface area (Å²) in [6.07, 6.45) is 1.98. The molecule has 2 rings (SSSR count). The third kappa shape index (κ3) is 2.19. The van der Waals surface area contributed by atoms with E-state index in [1.54, 1.807) is 0 Å². The zero-order valence-electron chi connectivity index (χ0n) is 8.42. The van der Waals surface area contributed by atoms with Crippen molar-refractivity contribution >= 4 is 28.3 Å². The third-order valence-corrected chi connectivity index (χ3v) is 3.37. The van der Waals surface area contributed by atoms with E-state index >= 15 is 0 Å². The number of hydrogen-bond acceptors (Lipinski definition) is 5. The van der Waals surface area contributed by atoms with E-state index < -0.39 is 17.8 Å². The number of carbonyl (C=O) groups excluding carboxylic acids is 1. The van der Waals surface area contributed by atoms with E-state index in [9.17, 15) is 9.59 Å². The molecule has 6 nitrogen and oxygen atoms in total. The second-order valence-corrected chi connectivity index (χ2v) is 4.55. The number of hydrogen-bond donors (Lipinski definition) is 2. The van der Waals surface area contributed by atoms with Crippen molar-refractivity contribution in [3.05, 3.63) is 5.51 Å². The van der Waals surface area contributed by atoms with Crippen molar-refractivity contribution in [2.45, 2.75) is 19.3 Å². The van der Waals surface area contributed by atoms with Gasteiger partial charge < -0.3 is 10.4 Å². The Balaban J connectivity index is 2.01. The molecular weight excluding hydrogens is 230 g/mol. The molecule has 0 aliphatic heterocycles. The molecule has 0 spiro atoms. The summed E-state index contributed by atoms with van der Waals surface area (Å²) in [5, 5.41) is 19.2. The number of aromatic nitrogens is 2. The number of anilines is 1. The summed E-state index contributed by atoms with van der Waals surface area (Å²) in [7, 11) is 0. The van der Waals surface area contributed by atoms with Gasteiger partial charge in [0.25, 0.3) is 0 Å². The summed E-state index contributed by atoms with van der Waals surface area (Å²) in [6, 6.07) is 0. The van der Waals surface area contributed by atoms with E-state index in [0.29, 0.717) is 18.0 Å². The largest absolute Gasteiger partial charge is 0.481 e. The third-order valence-electron chi connectivity index (χ3n) is 2.76. The minimum Gasteiger partial charge on any atom is -0.481 e. The van der Waals surface area contributed by atoms with Gasteiger partial charge in [-0.2, -0.15) is 0 Å². The lowest BCUT2D eigenvalue weighted by atomic mass is 9.95. The molecule has 2 atom stereocenters. The van der Waals surface area contributed by atoms with E-state index in [-0.39, 0.29) is 5.91 Å². The fourth-order valence-corrected chi connectivity index (χ4v) is 2.44. The zero-order chi connectivity index (χ0) is 11.5. The lowest BCUT2D eigenvalue weighted by Gasteiger charge is -2.13. The van der Waals surface area contributed by atoms with Gasteiger partial charge in [-0.25, -0.2) is 0 Å². The highest BCUT2D eigenvalue weighted by Gasteiger charge is 2.37. The first-order valence-electron chi connectivity index (χ1n) is 4.98. The Hall–Kier alpha value is -1.50. The van der Waals surface area contributed by atoms with Crippen LogP contribution in [0.4, 0.5) is 5.13 Å². The molecule has 16 heavy (non-hydrogen) atoms. The average Bonchev–Trinajstić information content (AvgIpc) is 2.86. The zero-order valence-corrected chi connectivity index (χ0v) is 9.24. The smallest absolute Gasteiger partial charge is 0.307 e. The summed E-state index contributed by atoms with van der Waals surface area (Å²) in [5.41, 5.74) is 1.51. The van der Waals surface area contributed by atoms with Crippen molar-refractivity contribution in [2.75, 3.05) is 5.32 Å². The van der Waals surface area contributed by atoms with Crippen LogP contribution in [0, 0.1) is 11.8 Å². The Kier molecular flexibility index (Phi) is 3.14. The molecule has 86 valence electrons. The minimum atomic E-state index is -0.894. The number of nitrogens with zero attached hydrogens (tertiary/aromatic N) is 2. The predicted molar refractivity (Wildman–Crippen MR) is 57.0 cm³/mol. The number of amides is 1. The van der Waals surface area contributed by atoms with Crippen molar-refractivity contribution in [3.63, 3.8) is 0 Å². The topological polar surface area (TPSA) is 92.2 Å². The maximum Gasteiger partial charge on any atom is 0.307 e. The first kappa shape index (κ1) is 11.0. The molecule has 1 saturated carbocycles. The van der Waals surface area contributed by atoms with Crippen molar-refractivity contribution < 1.29 is 14.7 Å². The average molecular weight is 241 g/mol. The van der Waals surface area contributed by atoms with E-state index in [4.69, 9.17) is 5.11 Å². The lowest BCUT2D eigenvalue weighted by molar-refractivity contribution is -0.145. The Morgan fingerprint density at radius 1 is 1.44 bits per heavy atom. The summed E-state index contributed by atoms with van der Waals surface area (Å²) in [6.45, 7) is 0. The van der Waals surface area contributed by atoms with Crippen LogP contribution in [-0.4, -0.2) is 27.2 Å². The summed E-state index contributed by atoms with van der Waals surface area (Å²) >= 11 is 1.22. The first-order chi connectivity index (χ1) is 7.68. The van der Waals surface area contributed by atoms with Crippen LogP contribution in [0.15, 0.2) is 5.51 Å². The number of carboxylic acid groups (broad SMARTS) is 1. The maximum absolute atomic E-state index is 11.8. The molecular formula is C9H11N3O3S. The van der Waals surface area contributed by atoms with E-state index in [2.05, 4.69) is 15.5 Å². The maximum atomic E-state index is 11.8. The fourth-order valence-electron chi connectivity index (χ4n) is 2.00. The molecule has 2 unspecified atom stereocenters. The Labute approximate surface area is 95.7 Å². The number of aliphatic carboxylic acids is 1. The van der Waals surface area contributed by atoms with E-state index in [1.807, 2.05) is 0 Å². The standard InChI is InChI=1S/C9H11N3O3S/c13-7(11-9-12-10-4-16-9)5-2-1-3-6(5)8(14)15/h4-6H,1-3H2,(H,14,15)(H,11,12,13). The molecule has 1 aromatic heterocycles. The quantitative estimate of drug-likeness (QED) is 0.822. The summed E-state index contributed by atoms with van der Waals surface area (Å²) < 4.78 is 0. The number of carboxylic acids is 1. The monoisotopic (exact) mass is 241 g/mol. The van der Waals surface area contributed by atoms with Gasteiger partial charge >= 0.3 is 5.97 Å². The van der Waals surface area contributed by atoms with E-state index in [0.717, 1.165) is 6.42 Å². The van der Waals surface area contributed by atoms with Crippen LogP contribution < -0.4 is 5.32 Å². The number of carbonyl (C=O) groups is 2. The van der Waals surface area contributed by atoms with Crippen molar-refractivity contribution in [1.29, 1.82) is 0 Å². The van der Waals surface area contributed by atoms with Crippen LogP contribution in [0.5, 0.6) is 0 Å². The highest BCUT2D eigenvalue weighted by Crippen LogP contribution is 2.32.